The molecular weight excluding hydrogens is 439 g/mol. The first-order valence-electron chi connectivity index (χ1n) is 9.71. The zero-order chi connectivity index (χ0) is 23.8. The van der Waals surface area contributed by atoms with Crippen molar-refractivity contribution in [3.63, 3.8) is 0 Å². The Morgan fingerprint density at radius 3 is 2.29 bits per heavy atom. The second-order valence-corrected chi connectivity index (χ2v) is 8.13. The Bertz CT molecular complexity index is 762. The van der Waals surface area contributed by atoms with Crippen LogP contribution in [-0.4, -0.2) is 55.7 Å². The molecule has 0 spiro atoms. The summed E-state index contributed by atoms with van der Waals surface area (Å²) in [6.07, 6.45) is -4.65. The number of alkyl halides is 3. The number of nitrogens with zero attached hydrogens (tertiary/aromatic N) is 1. The lowest BCUT2D eigenvalue weighted by molar-refractivity contribution is -0.139. The number of carbonyl (C=O) groups excluding carboxylic acids is 2. The van der Waals surface area contributed by atoms with Gasteiger partial charge in [-0.05, 0) is 39.3 Å². The third-order valence-electron chi connectivity index (χ3n) is 4.20. The molecule has 0 bridgehead atoms. The van der Waals surface area contributed by atoms with Crippen LogP contribution >= 0.6 is 11.6 Å². The second kappa shape index (κ2) is 11.5. The van der Waals surface area contributed by atoms with E-state index in [0.29, 0.717) is 32.7 Å². The number of anilines is 1. The SMILES string of the molecule is CC(C)(C)OC=O.CCOC(=O)c1cc(C(F)(F)F)c(CN2CCNCC2)c(Cl)c1N. The van der Waals surface area contributed by atoms with Crippen LogP contribution in [0.5, 0.6) is 0 Å². The molecule has 0 unspecified atom stereocenters. The maximum absolute atomic E-state index is 13.5. The van der Waals surface area contributed by atoms with E-state index >= 15 is 0 Å². The summed E-state index contributed by atoms with van der Waals surface area (Å²) in [5.74, 6) is -0.920. The van der Waals surface area contributed by atoms with Crippen molar-refractivity contribution in [2.75, 3.05) is 38.5 Å². The summed E-state index contributed by atoms with van der Waals surface area (Å²) in [5.41, 5.74) is 3.86. The summed E-state index contributed by atoms with van der Waals surface area (Å²) in [4.78, 5) is 23.3. The van der Waals surface area contributed by atoms with E-state index in [4.69, 9.17) is 22.1 Å². The summed E-state index contributed by atoms with van der Waals surface area (Å²) in [6.45, 7) is 10.1. The third-order valence-corrected chi connectivity index (χ3v) is 4.63. The highest BCUT2D eigenvalue weighted by Gasteiger charge is 2.37. The highest BCUT2D eigenvalue weighted by molar-refractivity contribution is 6.34. The van der Waals surface area contributed by atoms with Gasteiger partial charge in [0.2, 0.25) is 0 Å². The average Bonchev–Trinajstić information content (AvgIpc) is 2.65. The van der Waals surface area contributed by atoms with E-state index in [2.05, 4.69) is 10.1 Å². The van der Waals surface area contributed by atoms with Crippen molar-refractivity contribution in [2.24, 2.45) is 0 Å². The van der Waals surface area contributed by atoms with Crippen LogP contribution in [0.3, 0.4) is 0 Å². The zero-order valence-electron chi connectivity index (χ0n) is 18.1. The second-order valence-electron chi connectivity index (χ2n) is 7.75. The van der Waals surface area contributed by atoms with Gasteiger partial charge in [0.05, 0.1) is 28.4 Å². The van der Waals surface area contributed by atoms with E-state index in [1.807, 2.05) is 25.7 Å². The Labute approximate surface area is 185 Å². The summed E-state index contributed by atoms with van der Waals surface area (Å²) < 4.78 is 49.7. The molecule has 3 N–H and O–H groups in total. The van der Waals surface area contributed by atoms with Crippen molar-refractivity contribution in [1.82, 2.24) is 10.2 Å². The standard InChI is InChI=1S/C15H19ClF3N3O2.C5H10O2/c1-2-24-14(23)9-7-11(15(17,18)19)10(12(16)13(9)20)8-22-5-3-21-4-6-22;1-5(2,3)7-4-6/h7,21H,2-6,8,20H2,1H3;4H,1-3H3. The Kier molecular flexibility index (Phi) is 10.1. The molecule has 176 valence electrons. The maximum atomic E-state index is 13.5. The highest BCUT2D eigenvalue weighted by Crippen LogP contribution is 2.40. The van der Waals surface area contributed by atoms with Crippen LogP contribution in [0.25, 0.3) is 0 Å². The van der Waals surface area contributed by atoms with E-state index in [0.717, 1.165) is 6.07 Å². The van der Waals surface area contributed by atoms with E-state index in [1.165, 1.54) is 0 Å². The number of benzene rings is 1. The number of rotatable bonds is 5. The number of hydrogen-bond donors (Lipinski definition) is 2. The first kappa shape index (κ1) is 27.0. The number of ether oxygens (including phenoxy) is 2. The van der Waals surface area contributed by atoms with Crippen LogP contribution in [0.4, 0.5) is 18.9 Å². The summed E-state index contributed by atoms with van der Waals surface area (Å²) in [7, 11) is 0. The van der Waals surface area contributed by atoms with Crippen LogP contribution in [0.1, 0.15) is 49.2 Å². The number of nitrogen functional groups attached to an aromatic ring is 1. The van der Waals surface area contributed by atoms with Crippen molar-refractivity contribution < 1.29 is 32.2 Å². The monoisotopic (exact) mass is 467 g/mol. The quantitative estimate of drug-likeness (QED) is 0.389. The molecule has 11 heteroatoms. The topological polar surface area (TPSA) is 93.9 Å². The van der Waals surface area contributed by atoms with E-state index < -0.39 is 17.7 Å². The fraction of sp³-hybridized carbons (Fsp3) is 0.600. The van der Waals surface area contributed by atoms with Crippen molar-refractivity contribution in [2.45, 2.75) is 46.0 Å². The van der Waals surface area contributed by atoms with Gasteiger partial charge in [0.25, 0.3) is 6.47 Å². The zero-order valence-corrected chi connectivity index (χ0v) is 18.8. The Hall–Kier alpha value is -2.04. The molecule has 1 saturated heterocycles. The number of carbonyl (C=O) groups is 2. The van der Waals surface area contributed by atoms with Crippen molar-refractivity contribution >= 4 is 29.7 Å². The minimum Gasteiger partial charge on any atom is -0.462 e. The van der Waals surface area contributed by atoms with Gasteiger partial charge in [0.1, 0.15) is 5.60 Å². The third kappa shape index (κ3) is 8.54. The first-order valence-corrected chi connectivity index (χ1v) is 10.1. The lowest BCUT2D eigenvalue weighted by atomic mass is 10.00. The van der Waals surface area contributed by atoms with Crippen molar-refractivity contribution in [3.8, 4) is 0 Å². The summed E-state index contributed by atoms with van der Waals surface area (Å²) >= 11 is 6.10. The molecule has 0 aliphatic carbocycles. The van der Waals surface area contributed by atoms with E-state index in [9.17, 15) is 22.8 Å². The largest absolute Gasteiger partial charge is 0.462 e. The van der Waals surface area contributed by atoms with Gasteiger partial charge in [-0.2, -0.15) is 13.2 Å². The molecule has 1 aliphatic heterocycles. The molecule has 2 rings (SSSR count). The van der Waals surface area contributed by atoms with Gasteiger partial charge < -0.3 is 20.5 Å². The Balaban J connectivity index is 0.000000592. The molecule has 0 saturated carbocycles. The Morgan fingerprint density at radius 2 is 1.87 bits per heavy atom. The van der Waals surface area contributed by atoms with Gasteiger partial charge in [0.15, 0.2) is 0 Å². The number of nitrogens with two attached hydrogens (primary N) is 1. The fourth-order valence-corrected chi connectivity index (χ4v) is 2.99. The van der Waals surface area contributed by atoms with Crippen LogP contribution < -0.4 is 11.1 Å². The lowest BCUT2D eigenvalue weighted by Crippen LogP contribution is -2.43. The molecular formula is C20H29ClF3N3O4. The first-order chi connectivity index (χ1) is 14.3. The average molecular weight is 468 g/mol. The van der Waals surface area contributed by atoms with Gasteiger partial charge in [-0.25, -0.2) is 4.79 Å². The van der Waals surface area contributed by atoms with Gasteiger partial charge >= 0.3 is 12.1 Å². The summed E-state index contributed by atoms with van der Waals surface area (Å²) in [5, 5.41) is 2.88. The normalized spacial score (nSPS) is 15.0. The number of halogens is 4. The molecule has 1 aromatic rings. The van der Waals surface area contributed by atoms with Crippen LogP contribution in [0.2, 0.25) is 5.02 Å². The molecule has 0 aromatic heterocycles. The number of hydrogen-bond acceptors (Lipinski definition) is 7. The van der Waals surface area contributed by atoms with Crippen molar-refractivity contribution in [3.05, 3.63) is 27.8 Å². The molecule has 7 nitrogen and oxygen atoms in total. The molecule has 0 radical (unpaired) electrons. The fourth-order valence-electron chi connectivity index (χ4n) is 2.73. The number of esters is 1. The number of nitrogens with one attached hydrogen (secondary N) is 1. The van der Waals surface area contributed by atoms with Crippen LogP contribution in [0.15, 0.2) is 6.07 Å². The molecule has 1 aromatic carbocycles. The molecule has 1 heterocycles. The predicted molar refractivity (Wildman–Crippen MR) is 112 cm³/mol. The minimum absolute atomic E-state index is 0.0165. The van der Waals surface area contributed by atoms with Crippen molar-refractivity contribution in [1.29, 1.82) is 0 Å². The van der Waals surface area contributed by atoms with Gasteiger partial charge in [-0.15, -0.1) is 0 Å². The molecule has 31 heavy (non-hydrogen) atoms. The predicted octanol–water partition coefficient (Wildman–Crippen LogP) is 3.48. The minimum atomic E-state index is -4.65. The summed E-state index contributed by atoms with van der Waals surface area (Å²) in [6, 6.07) is 0.733. The molecule has 1 aliphatic rings. The molecule has 0 amide bonds. The maximum Gasteiger partial charge on any atom is 0.416 e. The van der Waals surface area contributed by atoms with Gasteiger partial charge in [-0.1, -0.05) is 11.6 Å². The van der Waals surface area contributed by atoms with Gasteiger partial charge in [-0.3, -0.25) is 9.69 Å². The highest BCUT2D eigenvalue weighted by atomic mass is 35.5. The smallest absolute Gasteiger partial charge is 0.416 e. The van der Waals surface area contributed by atoms with E-state index in [1.54, 1.807) is 6.92 Å². The van der Waals surface area contributed by atoms with Crippen LogP contribution in [0, 0.1) is 0 Å². The van der Waals surface area contributed by atoms with E-state index in [-0.39, 0.29) is 40.6 Å². The molecule has 1 fully saturated rings. The van der Waals surface area contributed by atoms with Crippen LogP contribution in [-0.2, 0) is 27.0 Å². The number of piperazine rings is 1. The van der Waals surface area contributed by atoms with Gasteiger partial charge in [0, 0.05) is 32.7 Å². The Morgan fingerprint density at radius 1 is 1.29 bits per heavy atom. The lowest BCUT2D eigenvalue weighted by Gasteiger charge is -2.29. The molecule has 0 atom stereocenters.